The van der Waals surface area contributed by atoms with Crippen molar-refractivity contribution in [2.24, 2.45) is 0 Å². The van der Waals surface area contributed by atoms with Crippen molar-refractivity contribution in [2.75, 3.05) is 11.9 Å². The van der Waals surface area contributed by atoms with Gasteiger partial charge in [0.05, 0.1) is 4.92 Å². The fraction of sp³-hybridized carbons (Fsp3) is 0.188. The van der Waals surface area contributed by atoms with Crippen LogP contribution in [0, 0.1) is 17.0 Å². The molecular weight excluding hydrogens is 282 g/mol. The van der Waals surface area contributed by atoms with Gasteiger partial charge in [0.2, 0.25) is 0 Å². The molecule has 6 heteroatoms. The summed E-state index contributed by atoms with van der Waals surface area (Å²) in [5.41, 5.74) is 2.22. The van der Waals surface area contributed by atoms with E-state index in [1.165, 1.54) is 12.1 Å². The SMILES string of the molecule is Cc1cc(NC(=O)NCCc2ccccc2)ccc1[N+](=O)[O-]. The first kappa shape index (κ1) is 15.5. The van der Waals surface area contributed by atoms with Crippen LogP contribution in [0.3, 0.4) is 0 Å². The van der Waals surface area contributed by atoms with E-state index in [0.29, 0.717) is 17.8 Å². The van der Waals surface area contributed by atoms with Gasteiger partial charge in [-0.05, 0) is 31.0 Å². The summed E-state index contributed by atoms with van der Waals surface area (Å²) in [7, 11) is 0. The van der Waals surface area contributed by atoms with Gasteiger partial charge in [-0.2, -0.15) is 0 Å². The number of benzene rings is 2. The molecule has 2 aromatic rings. The number of hydrogen-bond acceptors (Lipinski definition) is 3. The van der Waals surface area contributed by atoms with Crippen molar-refractivity contribution in [3.8, 4) is 0 Å². The van der Waals surface area contributed by atoms with Gasteiger partial charge in [-0.1, -0.05) is 30.3 Å². The average Bonchev–Trinajstić information content (AvgIpc) is 2.48. The van der Waals surface area contributed by atoms with Crippen LogP contribution in [-0.2, 0) is 6.42 Å². The number of carbonyl (C=O) groups is 1. The molecule has 6 nitrogen and oxygen atoms in total. The summed E-state index contributed by atoms with van der Waals surface area (Å²) in [6.45, 7) is 2.15. The first-order valence-corrected chi connectivity index (χ1v) is 6.90. The number of urea groups is 1. The summed E-state index contributed by atoms with van der Waals surface area (Å²) >= 11 is 0. The average molecular weight is 299 g/mol. The predicted octanol–water partition coefficient (Wildman–Crippen LogP) is 3.27. The van der Waals surface area contributed by atoms with Gasteiger partial charge < -0.3 is 10.6 Å². The van der Waals surface area contributed by atoms with E-state index in [2.05, 4.69) is 10.6 Å². The molecule has 2 rings (SSSR count). The Morgan fingerprint density at radius 2 is 1.91 bits per heavy atom. The summed E-state index contributed by atoms with van der Waals surface area (Å²) in [5, 5.41) is 16.2. The maximum absolute atomic E-state index is 11.8. The van der Waals surface area contributed by atoms with E-state index in [-0.39, 0.29) is 11.7 Å². The molecule has 114 valence electrons. The van der Waals surface area contributed by atoms with Crippen LogP contribution in [0.1, 0.15) is 11.1 Å². The number of nitrogens with one attached hydrogen (secondary N) is 2. The van der Waals surface area contributed by atoms with Crippen LogP contribution in [0.5, 0.6) is 0 Å². The van der Waals surface area contributed by atoms with Gasteiger partial charge in [0.15, 0.2) is 0 Å². The summed E-state index contributed by atoms with van der Waals surface area (Å²) in [6.07, 6.45) is 0.744. The summed E-state index contributed by atoms with van der Waals surface area (Å²) in [5.74, 6) is 0. The smallest absolute Gasteiger partial charge is 0.319 e. The van der Waals surface area contributed by atoms with E-state index >= 15 is 0 Å². The molecule has 0 saturated heterocycles. The van der Waals surface area contributed by atoms with E-state index < -0.39 is 4.92 Å². The third-order valence-corrected chi connectivity index (χ3v) is 3.19. The minimum Gasteiger partial charge on any atom is -0.338 e. The quantitative estimate of drug-likeness (QED) is 0.656. The number of amides is 2. The molecule has 0 aliphatic carbocycles. The van der Waals surface area contributed by atoms with Crippen molar-refractivity contribution < 1.29 is 9.72 Å². The van der Waals surface area contributed by atoms with E-state index in [1.807, 2.05) is 30.3 Å². The summed E-state index contributed by atoms with van der Waals surface area (Å²) < 4.78 is 0. The van der Waals surface area contributed by atoms with Crippen molar-refractivity contribution in [3.63, 3.8) is 0 Å². The number of nitro benzene ring substituents is 1. The lowest BCUT2D eigenvalue weighted by Crippen LogP contribution is -2.30. The van der Waals surface area contributed by atoms with Crippen LogP contribution < -0.4 is 10.6 Å². The molecule has 0 spiro atoms. The van der Waals surface area contributed by atoms with Gasteiger partial charge in [-0.25, -0.2) is 4.79 Å². The Morgan fingerprint density at radius 3 is 2.55 bits per heavy atom. The van der Waals surface area contributed by atoms with E-state index in [1.54, 1.807) is 13.0 Å². The number of nitrogens with zero attached hydrogens (tertiary/aromatic N) is 1. The lowest BCUT2D eigenvalue weighted by molar-refractivity contribution is -0.385. The second-order valence-electron chi connectivity index (χ2n) is 4.87. The van der Waals surface area contributed by atoms with Gasteiger partial charge in [-0.15, -0.1) is 0 Å². The van der Waals surface area contributed by atoms with Gasteiger partial charge in [0.1, 0.15) is 0 Å². The zero-order chi connectivity index (χ0) is 15.9. The monoisotopic (exact) mass is 299 g/mol. The number of nitro groups is 1. The van der Waals surface area contributed by atoms with Crippen LogP contribution in [0.2, 0.25) is 0 Å². The minimum atomic E-state index is -0.445. The van der Waals surface area contributed by atoms with Gasteiger partial charge >= 0.3 is 6.03 Å². The Labute approximate surface area is 128 Å². The zero-order valence-electron chi connectivity index (χ0n) is 12.2. The highest BCUT2D eigenvalue weighted by atomic mass is 16.6. The highest BCUT2D eigenvalue weighted by Crippen LogP contribution is 2.21. The number of rotatable bonds is 5. The molecule has 0 radical (unpaired) electrons. The summed E-state index contributed by atoms with van der Waals surface area (Å²) in [6, 6.07) is 14.0. The lowest BCUT2D eigenvalue weighted by Gasteiger charge is -2.08. The highest BCUT2D eigenvalue weighted by molar-refractivity contribution is 5.89. The van der Waals surface area contributed by atoms with Crippen molar-refractivity contribution in [3.05, 3.63) is 69.8 Å². The minimum absolute atomic E-state index is 0.0371. The molecule has 0 aliphatic rings. The third-order valence-electron chi connectivity index (χ3n) is 3.19. The maximum atomic E-state index is 11.8. The Morgan fingerprint density at radius 1 is 1.18 bits per heavy atom. The predicted molar refractivity (Wildman–Crippen MR) is 85.0 cm³/mol. The Balaban J connectivity index is 1.84. The number of hydrogen-bond donors (Lipinski definition) is 2. The normalized spacial score (nSPS) is 10.0. The Kier molecular flexibility index (Phi) is 5.08. The Hall–Kier alpha value is -2.89. The van der Waals surface area contributed by atoms with Crippen molar-refractivity contribution in [1.82, 2.24) is 5.32 Å². The molecule has 2 N–H and O–H groups in total. The molecule has 22 heavy (non-hydrogen) atoms. The van der Waals surface area contributed by atoms with Crippen molar-refractivity contribution in [1.29, 1.82) is 0 Å². The molecule has 0 aromatic heterocycles. The second kappa shape index (κ2) is 7.21. The largest absolute Gasteiger partial charge is 0.338 e. The van der Waals surface area contributed by atoms with Crippen molar-refractivity contribution in [2.45, 2.75) is 13.3 Å². The van der Waals surface area contributed by atoms with Crippen LogP contribution in [-0.4, -0.2) is 17.5 Å². The van der Waals surface area contributed by atoms with E-state index in [4.69, 9.17) is 0 Å². The molecule has 0 saturated carbocycles. The van der Waals surface area contributed by atoms with Crippen LogP contribution in [0.25, 0.3) is 0 Å². The molecule has 0 unspecified atom stereocenters. The number of aryl methyl sites for hydroxylation is 1. The zero-order valence-corrected chi connectivity index (χ0v) is 12.2. The molecule has 0 aliphatic heterocycles. The molecule has 2 aromatic carbocycles. The van der Waals surface area contributed by atoms with Gasteiger partial charge in [0.25, 0.3) is 5.69 Å². The van der Waals surface area contributed by atoms with Crippen LogP contribution in [0.4, 0.5) is 16.2 Å². The lowest BCUT2D eigenvalue weighted by atomic mass is 10.1. The number of anilines is 1. The molecule has 0 fully saturated rings. The van der Waals surface area contributed by atoms with Gasteiger partial charge in [0, 0.05) is 23.9 Å². The van der Waals surface area contributed by atoms with E-state index in [9.17, 15) is 14.9 Å². The second-order valence-corrected chi connectivity index (χ2v) is 4.87. The molecule has 0 bridgehead atoms. The molecule has 2 amide bonds. The topological polar surface area (TPSA) is 84.3 Å². The fourth-order valence-corrected chi connectivity index (χ4v) is 2.08. The highest BCUT2D eigenvalue weighted by Gasteiger charge is 2.11. The first-order valence-electron chi connectivity index (χ1n) is 6.90. The van der Waals surface area contributed by atoms with Gasteiger partial charge in [-0.3, -0.25) is 10.1 Å². The molecular formula is C16H17N3O3. The van der Waals surface area contributed by atoms with E-state index in [0.717, 1.165) is 12.0 Å². The molecule has 0 atom stereocenters. The number of carbonyl (C=O) groups excluding carboxylic acids is 1. The maximum Gasteiger partial charge on any atom is 0.319 e. The van der Waals surface area contributed by atoms with Crippen LogP contribution in [0.15, 0.2) is 48.5 Å². The molecule has 0 heterocycles. The van der Waals surface area contributed by atoms with Crippen LogP contribution >= 0.6 is 0 Å². The summed E-state index contributed by atoms with van der Waals surface area (Å²) in [4.78, 5) is 22.1. The first-order chi connectivity index (χ1) is 10.6. The van der Waals surface area contributed by atoms with Crippen molar-refractivity contribution >= 4 is 17.4 Å². The Bertz CT molecular complexity index is 672. The standard InChI is InChI=1S/C16H17N3O3/c1-12-11-14(7-8-15(12)19(21)22)18-16(20)17-10-9-13-5-3-2-4-6-13/h2-8,11H,9-10H2,1H3,(H2,17,18,20). The fourth-order valence-electron chi connectivity index (χ4n) is 2.08. The third kappa shape index (κ3) is 4.31.